The monoisotopic (exact) mass is 320 g/mol. The highest BCUT2D eigenvalue weighted by atomic mass is 32.2. The van der Waals surface area contributed by atoms with E-state index in [1.54, 1.807) is 6.92 Å². The van der Waals surface area contributed by atoms with Crippen molar-refractivity contribution in [3.8, 4) is 0 Å². The van der Waals surface area contributed by atoms with E-state index in [-0.39, 0.29) is 4.90 Å². The maximum Gasteiger partial charge on any atom is 0.416 e. The number of aromatic nitrogens is 2. The Bertz CT molecular complexity index is 655. The van der Waals surface area contributed by atoms with Crippen LogP contribution in [0.2, 0.25) is 0 Å². The molecule has 1 heterocycles. The van der Waals surface area contributed by atoms with Crippen LogP contribution in [0.15, 0.2) is 27.4 Å². The summed E-state index contributed by atoms with van der Waals surface area (Å²) < 4.78 is 42.1. The van der Waals surface area contributed by atoms with Crippen molar-refractivity contribution in [2.75, 3.05) is 0 Å². The van der Waals surface area contributed by atoms with Gasteiger partial charge in [-0.15, -0.1) is 0 Å². The molecule has 0 saturated heterocycles. The summed E-state index contributed by atoms with van der Waals surface area (Å²) >= 11 is 2.04. The molecule has 0 amide bonds. The number of aromatic carboxylic acids is 1. The Labute approximate surface area is 119 Å². The van der Waals surface area contributed by atoms with E-state index in [9.17, 15) is 18.0 Å². The highest BCUT2D eigenvalue weighted by molar-refractivity contribution is 8.01. The molecule has 0 atom stereocenters. The second-order valence-corrected chi connectivity index (χ2v) is 5.76. The summed E-state index contributed by atoms with van der Waals surface area (Å²) in [6.45, 7) is 1.67. The number of hydrogen-bond donors (Lipinski definition) is 1. The fourth-order valence-electron chi connectivity index (χ4n) is 1.38. The van der Waals surface area contributed by atoms with Crippen molar-refractivity contribution >= 4 is 29.3 Å². The Kier molecular flexibility index (Phi) is 4.00. The summed E-state index contributed by atoms with van der Waals surface area (Å²) in [5, 5.41) is 9.03. The molecule has 0 unspecified atom stereocenters. The smallest absolute Gasteiger partial charge is 0.416 e. The van der Waals surface area contributed by atoms with E-state index in [0.717, 1.165) is 35.4 Å². The molecule has 9 heteroatoms. The molecule has 0 saturated carbocycles. The Hall–Kier alpha value is -1.61. The average molecular weight is 320 g/mol. The summed E-state index contributed by atoms with van der Waals surface area (Å²) in [7, 11) is 0. The molecule has 0 aliphatic heterocycles. The summed E-state index contributed by atoms with van der Waals surface area (Å²) in [5.74, 6) is -0.888. The van der Waals surface area contributed by atoms with Gasteiger partial charge in [0.15, 0.2) is 4.34 Å². The quantitative estimate of drug-likeness (QED) is 0.934. The largest absolute Gasteiger partial charge is 0.478 e. The van der Waals surface area contributed by atoms with Gasteiger partial charge in [-0.3, -0.25) is 0 Å². The second-order valence-electron chi connectivity index (χ2n) is 3.72. The number of hydrogen-bond acceptors (Lipinski definition) is 5. The lowest BCUT2D eigenvalue weighted by Crippen LogP contribution is -2.08. The fraction of sp³-hybridized carbons (Fsp3) is 0.182. The molecule has 1 aromatic heterocycles. The SMILES string of the molecule is Cc1nsc(Sc2ccc(C(F)(F)F)cc2C(=O)O)n1. The minimum absolute atomic E-state index is 0.196. The van der Waals surface area contributed by atoms with Crippen molar-refractivity contribution in [1.29, 1.82) is 0 Å². The lowest BCUT2D eigenvalue weighted by molar-refractivity contribution is -0.137. The van der Waals surface area contributed by atoms with Crippen LogP contribution in [0.1, 0.15) is 21.7 Å². The molecular formula is C11H7F3N2O2S2. The van der Waals surface area contributed by atoms with Crippen LogP contribution in [0.25, 0.3) is 0 Å². The zero-order valence-electron chi connectivity index (χ0n) is 9.93. The van der Waals surface area contributed by atoms with Crippen molar-refractivity contribution in [2.45, 2.75) is 22.3 Å². The van der Waals surface area contributed by atoms with Gasteiger partial charge in [0.1, 0.15) is 5.82 Å². The molecule has 0 bridgehead atoms. The maximum atomic E-state index is 12.6. The number of aryl methyl sites for hydroxylation is 1. The Morgan fingerprint density at radius 1 is 1.40 bits per heavy atom. The van der Waals surface area contributed by atoms with Crippen LogP contribution < -0.4 is 0 Å². The number of benzene rings is 1. The first-order valence-corrected chi connectivity index (χ1v) is 6.79. The summed E-state index contributed by atoms with van der Waals surface area (Å²) in [5.41, 5.74) is -1.40. The van der Waals surface area contributed by atoms with Gasteiger partial charge >= 0.3 is 12.1 Å². The molecule has 0 fully saturated rings. The molecule has 0 aliphatic rings. The number of rotatable bonds is 3. The molecule has 20 heavy (non-hydrogen) atoms. The first-order chi connectivity index (χ1) is 9.27. The van der Waals surface area contributed by atoms with Gasteiger partial charge < -0.3 is 5.11 Å². The third-order valence-corrected chi connectivity index (χ3v) is 4.16. The molecule has 0 spiro atoms. The van der Waals surface area contributed by atoms with E-state index >= 15 is 0 Å². The first-order valence-electron chi connectivity index (χ1n) is 5.20. The van der Waals surface area contributed by atoms with Crippen molar-refractivity contribution in [1.82, 2.24) is 9.36 Å². The van der Waals surface area contributed by atoms with E-state index in [4.69, 9.17) is 5.11 Å². The van der Waals surface area contributed by atoms with Gasteiger partial charge in [-0.25, -0.2) is 9.78 Å². The van der Waals surface area contributed by atoms with Crippen LogP contribution in [-0.4, -0.2) is 20.4 Å². The number of alkyl halides is 3. The van der Waals surface area contributed by atoms with Crippen LogP contribution >= 0.6 is 23.3 Å². The van der Waals surface area contributed by atoms with E-state index < -0.39 is 23.3 Å². The van der Waals surface area contributed by atoms with Crippen LogP contribution in [0, 0.1) is 6.92 Å². The lowest BCUT2D eigenvalue weighted by atomic mass is 10.1. The fourth-order valence-corrected chi connectivity index (χ4v) is 3.09. The standard InChI is InChI=1S/C11H7F3N2O2S2/c1-5-15-10(20-16-5)19-8-3-2-6(11(12,13)14)4-7(8)9(17)18/h2-4H,1H3,(H,17,18). The highest BCUT2D eigenvalue weighted by Crippen LogP contribution is 2.36. The van der Waals surface area contributed by atoms with Crippen molar-refractivity contribution in [3.05, 3.63) is 35.2 Å². The summed E-state index contributed by atoms with van der Waals surface area (Å²) in [4.78, 5) is 15.3. The molecule has 0 aliphatic carbocycles. The summed E-state index contributed by atoms with van der Waals surface area (Å²) in [6, 6.07) is 2.61. The zero-order valence-corrected chi connectivity index (χ0v) is 11.6. The number of carboxylic acids is 1. The van der Waals surface area contributed by atoms with Gasteiger partial charge in [0, 0.05) is 4.90 Å². The van der Waals surface area contributed by atoms with Crippen LogP contribution in [0.3, 0.4) is 0 Å². The van der Waals surface area contributed by atoms with Gasteiger partial charge in [0.25, 0.3) is 0 Å². The Balaban J connectivity index is 2.40. The first kappa shape index (κ1) is 14.8. The molecule has 2 aromatic rings. The van der Waals surface area contributed by atoms with Gasteiger partial charge in [0.2, 0.25) is 0 Å². The van der Waals surface area contributed by atoms with Gasteiger partial charge in [0.05, 0.1) is 11.1 Å². The molecule has 0 radical (unpaired) electrons. The molecule has 1 aromatic carbocycles. The third kappa shape index (κ3) is 3.28. The van der Waals surface area contributed by atoms with E-state index in [1.807, 2.05) is 0 Å². The zero-order chi connectivity index (χ0) is 14.9. The van der Waals surface area contributed by atoms with Crippen LogP contribution in [0.4, 0.5) is 13.2 Å². The topological polar surface area (TPSA) is 63.1 Å². The lowest BCUT2D eigenvalue weighted by Gasteiger charge is -2.09. The number of carbonyl (C=O) groups is 1. The minimum Gasteiger partial charge on any atom is -0.478 e. The van der Waals surface area contributed by atoms with Gasteiger partial charge in [-0.2, -0.15) is 17.5 Å². The number of nitrogens with zero attached hydrogens (tertiary/aromatic N) is 2. The Morgan fingerprint density at radius 3 is 2.60 bits per heavy atom. The van der Waals surface area contributed by atoms with E-state index in [0.29, 0.717) is 16.2 Å². The molecular weight excluding hydrogens is 313 g/mol. The molecule has 1 N–H and O–H groups in total. The summed E-state index contributed by atoms with van der Waals surface area (Å²) in [6.07, 6.45) is -4.58. The molecule has 4 nitrogen and oxygen atoms in total. The maximum absolute atomic E-state index is 12.6. The van der Waals surface area contributed by atoms with Gasteiger partial charge in [-0.1, -0.05) is 11.8 Å². The average Bonchev–Trinajstić information content (AvgIpc) is 2.73. The third-order valence-electron chi connectivity index (χ3n) is 2.24. The van der Waals surface area contributed by atoms with E-state index in [1.165, 1.54) is 0 Å². The normalized spacial score (nSPS) is 11.6. The molecule has 106 valence electrons. The minimum atomic E-state index is -4.58. The van der Waals surface area contributed by atoms with E-state index in [2.05, 4.69) is 9.36 Å². The predicted molar refractivity (Wildman–Crippen MR) is 67.2 cm³/mol. The van der Waals surface area contributed by atoms with Gasteiger partial charge in [-0.05, 0) is 36.7 Å². The number of halogens is 3. The molecule has 2 rings (SSSR count). The predicted octanol–water partition coefficient (Wildman–Crippen LogP) is 3.71. The van der Waals surface area contributed by atoms with Crippen molar-refractivity contribution < 1.29 is 23.1 Å². The van der Waals surface area contributed by atoms with Crippen molar-refractivity contribution in [2.24, 2.45) is 0 Å². The van der Waals surface area contributed by atoms with Crippen LogP contribution in [-0.2, 0) is 6.18 Å². The van der Waals surface area contributed by atoms with Crippen LogP contribution in [0.5, 0.6) is 0 Å². The highest BCUT2D eigenvalue weighted by Gasteiger charge is 2.32. The Morgan fingerprint density at radius 2 is 2.10 bits per heavy atom. The second kappa shape index (κ2) is 5.41. The van der Waals surface area contributed by atoms with Crippen molar-refractivity contribution in [3.63, 3.8) is 0 Å². The number of carboxylic acid groups (broad SMARTS) is 1.